The first-order chi connectivity index (χ1) is 7.29. The van der Waals surface area contributed by atoms with Crippen molar-refractivity contribution in [3.8, 4) is 0 Å². The Bertz CT molecular complexity index is 222. The predicted molar refractivity (Wildman–Crippen MR) is 60.4 cm³/mol. The molecule has 3 nitrogen and oxygen atoms in total. The summed E-state index contributed by atoms with van der Waals surface area (Å²) in [6.07, 6.45) is 8.08. The molecule has 2 rings (SSSR count). The molecule has 1 aliphatic carbocycles. The van der Waals surface area contributed by atoms with Gasteiger partial charge in [0.2, 0.25) is 5.91 Å². The maximum atomic E-state index is 12.2. The minimum Gasteiger partial charge on any atom is -0.342 e. The molecule has 1 amide bonds. The highest BCUT2D eigenvalue weighted by atomic mass is 16.2. The van der Waals surface area contributed by atoms with Gasteiger partial charge in [0, 0.05) is 19.1 Å². The number of nitrogens with zero attached hydrogens (tertiary/aromatic N) is 1. The van der Waals surface area contributed by atoms with E-state index in [1.165, 1.54) is 25.7 Å². The van der Waals surface area contributed by atoms with Crippen molar-refractivity contribution >= 4 is 5.91 Å². The number of carbonyl (C=O) groups excluding carboxylic acids is 1. The Morgan fingerprint density at radius 1 is 1.00 bits per heavy atom. The number of rotatable bonds is 1. The Hall–Kier alpha value is -0.570. The van der Waals surface area contributed by atoms with Crippen LogP contribution in [0.15, 0.2) is 0 Å². The third-order valence-corrected chi connectivity index (χ3v) is 3.80. The number of amides is 1. The zero-order valence-electron chi connectivity index (χ0n) is 9.45. The number of carbonyl (C=O) groups is 1. The first-order valence-electron chi connectivity index (χ1n) is 6.33. The minimum atomic E-state index is 0.126. The van der Waals surface area contributed by atoms with Crippen LogP contribution in [0.25, 0.3) is 0 Å². The second-order valence-corrected chi connectivity index (χ2v) is 4.94. The van der Waals surface area contributed by atoms with E-state index in [0.717, 1.165) is 32.4 Å². The van der Waals surface area contributed by atoms with E-state index in [1.807, 2.05) is 0 Å². The largest absolute Gasteiger partial charge is 0.342 e. The van der Waals surface area contributed by atoms with E-state index < -0.39 is 0 Å². The van der Waals surface area contributed by atoms with Gasteiger partial charge in [0.1, 0.15) is 0 Å². The van der Waals surface area contributed by atoms with Crippen LogP contribution >= 0.6 is 0 Å². The molecule has 2 unspecified atom stereocenters. The van der Waals surface area contributed by atoms with E-state index in [-0.39, 0.29) is 12.0 Å². The van der Waals surface area contributed by atoms with Crippen LogP contribution < -0.4 is 5.73 Å². The third-order valence-electron chi connectivity index (χ3n) is 3.80. The van der Waals surface area contributed by atoms with Gasteiger partial charge in [-0.2, -0.15) is 0 Å². The highest BCUT2D eigenvalue weighted by Crippen LogP contribution is 2.26. The maximum Gasteiger partial charge on any atom is 0.227 e. The van der Waals surface area contributed by atoms with Gasteiger partial charge in [0.05, 0.1) is 5.92 Å². The van der Waals surface area contributed by atoms with Crippen LogP contribution in [0.3, 0.4) is 0 Å². The lowest BCUT2D eigenvalue weighted by atomic mass is 10.0. The van der Waals surface area contributed by atoms with E-state index in [9.17, 15) is 4.79 Å². The molecule has 1 aliphatic heterocycles. The van der Waals surface area contributed by atoms with Crippen molar-refractivity contribution in [3.63, 3.8) is 0 Å². The summed E-state index contributed by atoms with van der Waals surface area (Å²) in [5, 5.41) is 0. The van der Waals surface area contributed by atoms with Crippen molar-refractivity contribution in [2.75, 3.05) is 13.1 Å². The molecular formula is C12H22N2O. The molecule has 15 heavy (non-hydrogen) atoms. The van der Waals surface area contributed by atoms with Crippen LogP contribution in [-0.2, 0) is 4.79 Å². The van der Waals surface area contributed by atoms with E-state index in [2.05, 4.69) is 4.90 Å². The quantitative estimate of drug-likeness (QED) is 0.713. The van der Waals surface area contributed by atoms with E-state index in [0.29, 0.717) is 5.91 Å². The van der Waals surface area contributed by atoms with Gasteiger partial charge in [-0.3, -0.25) is 4.79 Å². The molecule has 86 valence electrons. The summed E-state index contributed by atoms with van der Waals surface area (Å²) >= 11 is 0. The fourth-order valence-electron chi connectivity index (χ4n) is 2.82. The topological polar surface area (TPSA) is 46.3 Å². The second-order valence-electron chi connectivity index (χ2n) is 4.94. The van der Waals surface area contributed by atoms with Crippen LogP contribution in [-0.4, -0.2) is 29.9 Å². The first kappa shape index (κ1) is 10.9. The van der Waals surface area contributed by atoms with Gasteiger partial charge in [-0.05, 0) is 25.7 Å². The van der Waals surface area contributed by atoms with Crippen LogP contribution in [0.5, 0.6) is 0 Å². The van der Waals surface area contributed by atoms with Crippen LogP contribution in [0.4, 0.5) is 0 Å². The maximum absolute atomic E-state index is 12.2. The fourth-order valence-corrected chi connectivity index (χ4v) is 2.82. The minimum absolute atomic E-state index is 0.126. The van der Waals surface area contributed by atoms with Gasteiger partial charge < -0.3 is 10.6 Å². The number of likely N-dealkylation sites (tertiary alicyclic amines) is 1. The molecule has 0 aromatic heterocycles. The van der Waals surface area contributed by atoms with Crippen LogP contribution in [0.1, 0.15) is 44.9 Å². The Kier molecular flexibility index (Phi) is 3.62. The average Bonchev–Trinajstić information content (AvgIpc) is 2.53. The molecule has 0 bridgehead atoms. The lowest BCUT2D eigenvalue weighted by Crippen LogP contribution is -2.42. The van der Waals surface area contributed by atoms with E-state index in [1.54, 1.807) is 0 Å². The normalized spacial score (nSPS) is 32.7. The van der Waals surface area contributed by atoms with E-state index >= 15 is 0 Å². The molecule has 1 saturated heterocycles. The summed E-state index contributed by atoms with van der Waals surface area (Å²) in [4.78, 5) is 14.3. The van der Waals surface area contributed by atoms with Crippen LogP contribution in [0, 0.1) is 5.92 Å². The smallest absolute Gasteiger partial charge is 0.227 e. The first-order valence-corrected chi connectivity index (χ1v) is 6.33. The van der Waals surface area contributed by atoms with Crippen molar-refractivity contribution in [1.29, 1.82) is 0 Å². The lowest BCUT2D eigenvalue weighted by molar-refractivity contribution is -0.135. The molecule has 1 saturated carbocycles. The highest BCUT2D eigenvalue weighted by Gasteiger charge is 2.33. The Morgan fingerprint density at radius 2 is 1.67 bits per heavy atom. The SMILES string of the molecule is NC1CCCC1C(=O)N1CCCCCC1. The number of hydrogen-bond acceptors (Lipinski definition) is 2. The number of hydrogen-bond donors (Lipinski definition) is 1. The Labute approximate surface area is 92.0 Å². The van der Waals surface area contributed by atoms with Crippen molar-refractivity contribution in [2.45, 2.75) is 51.0 Å². The molecule has 0 spiro atoms. The van der Waals surface area contributed by atoms with E-state index in [4.69, 9.17) is 5.73 Å². The summed E-state index contributed by atoms with van der Waals surface area (Å²) in [6.45, 7) is 1.92. The lowest BCUT2D eigenvalue weighted by Gasteiger charge is -2.25. The fraction of sp³-hybridized carbons (Fsp3) is 0.917. The van der Waals surface area contributed by atoms with Crippen molar-refractivity contribution < 1.29 is 4.79 Å². The molecule has 2 fully saturated rings. The molecule has 1 heterocycles. The van der Waals surface area contributed by atoms with Crippen molar-refractivity contribution in [2.24, 2.45) is 11.7 Å². The summed E-state index contributed by atoms with van der Waals surface area (Å²) in [5.74, 6) is 0.463. The highest BCUT2D eigenvalue weighted by molar-refractivity contribution is 5.79. The second kappa shape index (κ2) is 4.97. The number of nitrogens with two attached hydrogens (primary N) is 1. The van der Waals surface area contributed by atoms with Crippen molar-refractivity contribution in [1.82, 2.24) is 4.90 Å². The molecule has 0 radical (unpaired) electrons. The molecule has 0 aromatic rings. The monoisotopic (exact) mass is 210 g/mol. The zero-order valence-corrected chi connectivity index (χ0v) is 9.45. The van der Waals surface area contributed by atoms with Crippen molar-refractivity contribution in [3.05, 3.63) is 0 Å². The van der Waals surface area contributed by atoms with Gasteiger partial charge >= 0.3 is 0 Å². The molecule has 0 aromatic carbocycles. The Morgan fingerprint density at radius 3 is 2.20 bits per heavy atom. The molecule has 2 N–H and O–H groups in total. The van der Waals surface area contributed by atoms with Gasteiger partial charge in [-0.1, -0.05) is 19.3 Å². The summed E-state index contributed by atoms with van der Waals surface area (Å²) < 4.78 is 0. The van der Waals surface area contributed by atoms with Crippen LogP contribution in [0.2, 0.25) is 0 Å². The van der Waals surface area contributed by atoms with Gasteiger partial charge in [0.25, 0.3) is 0 Å². The predicted octanol–water partition coefficient (Wildman–Crippen LogP) is 1.52. The molecule has 3 heteroatoms. The molecule has 2 atom stereocenters. The molecule has 2 aliphatic rings. The van der Waals surface area contributed by atoms with Gasteiger partial charge in [0.15, 0.2) is 0 Å². The van der Waals surface area contributed by atoms with Gasteiger partial charge in [-0.15, -0.1) is 0 Å². The average molecular weight is 210 g/mol. The zero-order chi connectivity index (χ0) is 10.7. The van der Waals surface area contributed by atoms with Gasteiger partial charge in [-0.25, -0.2) is 0 Å². The summed E-state index contributed by atoms with van der Waals surface area (Å²) in [7, 11) is 0. The standard InChI is InChI=1S/C12H22N2O/c13-11-7-5-6-10(11)12(15)14-8-3-1-2-4-9-14/h10-11H,1-9,13H2. The summed E-state index contributed by atoms with van der Waals surface area (Å²) in [6, 6.07) is 0.126. The summed E-state index contributed by atoms with van der Waals surface area (Å²) in [5.41, 5.74) is 5.98. The molecular weight excluding hydrogens is 188 g/mol. The third kappa shape index (κ3) is 2.51. The Balaban J connectivity index is 1.93.